The quantitative estimate of drug-likeness (QED) is 0.772. The average molecular weight is 349 g/mol. The zero-order valence-electron chi connectivity index (χ0n) is 15.3. The van der Waals surface area contributed by atoms with Crippen LogP contribution in [0.25, 0.3) is 0 Å². The molecule has 6 heteroatoms. The van der Waals surface area contributed by atoms with Crippen molar-refractivity contribution >= 4 is 5.95 Å². The minimum Gasteiger partial charge on any atom is -0.497 e. The second-order valence-electron chi connectivity index (χ2n) is 6.99. The standard InChI is InChI=1S/C20H23N5O/c1-13(2)14-4-6-15(7-5-14)18-12-19(25-20(21-18)22-23-24-25)16-8-10-17(26-3)11-9-16/h4-11,13,18-19H,12H2,1-3H3,(H,21,22,24). The summed E-state index contributed by atoms with van der Waals surface area (Å²) >= 11 is 0. The van der Waals surface area contributed by atoms with Crippen molar-refractivity contribution in [2.24, 2.45) is 0 Å². The van der Waals surface area contributed by atoms with Crippen LogP contribution in [0, 0.1) is 0 Å². The third kappa shape index (κ3) is 3.03. The van der Waals surface area contributed by atoms with Gasteiger partial charge in [-0.15, -0.1) is 0 Å². The van der Waals surface area contributed by atoms with Crippen LogP contribution in [-0.4, -0.2) is 27.3 Å². The number of tetrazole rings is 1. The minimum atomic E-state index is 0.0851. The van der Waals surface area contributed by atoms with Gasteiger partial charge in [0.05, 0.1) is 19.2 Å². The van der Waals surface area contributed by atoms with E-state index in [4.69, 9.17) is 4.74 Å². The van der Waals surface area contributed by atoms with E-state index in [-0.39, 0.29) is 12.1 Å². The summed E-state index contributed by atoms with van der Waals surface area (Å²) in [6.07, 6.45) is 0.880. The third-order valence-electron chi connectivity index (χ3n) is 5.06. The lowest BCUT2D eigenvalue weighted by molar-refractivity contribution is 0.410. The molecule has 2 unspecified atom stereocenters. The van der Waals surface area contributed by atoms with Crippen LogP contribution in [0.1, 0.15) is 55.0 Å². The van der Waals surface area contributed by atoms with E-state index in [0.29, 0.717) is 11.9 Å². The Bertz CT molecular complexity index is 870. The van der Waals surface area contributed by atoms with Gasteiger partial charge in [0.2, 0.25) is 5.95 Å². The minimum absolute atomic E-state index is 0.0851. The number of aromatic nitrogens is 4. The molecule has 0 spiro atoms. The zero-order valence-corrected chi connectivity index (χ0v) is 15.3. The fourth-order valence-electron chi connectivity index (χ4n) is 3.47. The van der Waals surface area contributed by atoms with Crippen LogP contribution in [0.5, 0.6) is 5.75 Å². The summed E-state index contributed by atoms with van der Waals surface area (Å²) in [5.74, 6) is 2.08. The van der Waals surface area contributed by atoms with Crippen molar-refractivity contribution in [3.63, 3.8) is 0 Å². The van der Waals surface area contributed by atoms with Gasteiger partial charge in [0.25, 0.3) is 0 Å². The van der Waals surface area contributed by atoms with Crippen molar-refractivity contribution in [2.75, 3.05) is 12.4 Å². The number of anilines is 1. The van der Waals surface area contributed by atoms with Gasteiger partial charge in [-0.05, 0) is 51.6 Å². The van der Waals surface area contributed by atoms with E-state index in [0.717, 1.165) is 12.2 Å². The fourth-order valence-corrected chi connectivity index (χ4v) is 3.47. The van der Waals surface area contributed by atoms with E-state index in [2.05, 4.69) is 71.1 Å². The van der Waals surface area contributed by atoms with Gasteiger partial charge >= 0.3 is 0 Å². The molecule has 1 aliphatic heterocycles. The number of fused-ring (bicyclic) bond motifs is 1. The zero-order chi connectivity index (χ0) is 18.1. The Hall–Kier alpha value is -2.89. The van der Waals surface area contributed by atoms with Crippen LogP contribution in [0.3, 0.4) is 0 Å². The molecule has 26 heavy (non-hydrogen) atoms. The van der Waals surface area contributed by atoms with Crippen molar-refractivity contribution in [3.05, 3.63) is 65.2 Å². The summed E-state index contributed by atoms with van der Waals surface area (Å²) in [7, 11) is 1.68. The van der Waals surface area contributed by atoms with Crippen LogP contribution in [0.15, 0.2) is 48.5 Å². The molecule has 0 fully saturated rings. The van der Waals surface area contributed by atoms with E-state index in [9.17, 15) is 0 Å². The van der Waals surface area contributed by atoms with E-state index < -0.39 is 0 Å². The maximum atomic E-state index is 5.27. The van der Waals surface area contributed by atoms with Gasteiger partial charge in [0.1, 0.15) is 5.75 Å². The molecule has 0 saturated heterocycles. The molecule has 0 aliphatic carbocycles. The number of ether oxygens (including phenoxy) is 1. The molecule has 6 nitrogen and oxygen atoms in total. The second-order valence-corrected chi connectivity index (χ2v) is 6.99. The van der Waals surface area contributed by atoms with Gasteiger partial charge in [-0.3, -0.25) is 0 Å². The smallest absolute Gasteiger partial charge is 0.243 e. The maximum absolute atomic E-state index is 5.27. The van der Waals surface area contributed by atoms with Crippen LogP contribution >= 0.6 is 0 Å². The Morgan fingerprint density at radius 3 is 2.38 bits per heavy atom. The molecule has 0 radical (unpaired) electrons. The largest absolute Gasteiger partial charge is 0.497 e. The summed E-state index contributed by atoms with van der Waals surface area (Å²) in [6, 6.07) is 17.2. The van der Waals surface area contributed by atoms with Gasteiger partial charge in [0, 0.05) is 0 Å². The summed E-state index contributed by atoms with van der Waals surface area (Å²) in [5, 5.41) is 15.7. The van der Waals surface area contributed by atoms with Gasteiger partial charge in [-0.25, -0.2) is 4.68 Å². The summed E-state index contributed by atoms with van der Waals surface area (Å²) < 4.78 is 7.13. The highest BCUT2D eigenvalue weighted by atomic mass is 16.5. The molecule has 0 amide bonds. The molecule has 2 atom stereocenters. The van der Waals surface area contributed by atoms with E-state index in [1.54, 1.807) is 7.11 Å². The summed E-state index contributed by atoms with van der Waals surface area (Å²) in [5.41, 5.74) is 3.77. The molecule has 3 aromatic rings. The van der Waals surface area contributed by atoms with Crippen molar-refractivity contribution in [1.29, 1.82) is 0 Å². The Morgan fingerprint density at radius 1 is 1.04 bits per heavy atom. The van der Waals surface area contributed by atoms with E-state index in [1.165, 1.54) is 16.7 Å². The first-order valence-corrected chi connectivity index (χ1v) is 8.94. The molecule has 1 N–H and O–H groups in total. The van der Waals surface area contributed by atoms with Crippen LogP contribution in [-0.2, 0) is 0 Å². The van der Waals surface area contributed by atoms with Crippen molar-refractivity contribution in [3.8, 4) is 5.75 Å². The highest BCUT2D eigenvalue weighted by Crippen LogP contribution is 2.37. The van der Waals surface area contributed by atoms with Gasteiger partial charge in [-0.2, -0.15) is 0 Å². The first kappa shape index (κ1) is 16.6. The first-order valence-electron chi connectivity index (χ1n) is 8.94. The Balaban J connectivity index is 1.65. The van der Waals surface area contributed by atoms with E-state index >= 15 is 0 Å². The molecule has 0 saturated carbocycles. The lowest BCUT2D eigenvalue weighted by Gasteiger charge is -2.31. The molecule has 2 heterocycles. The molecule has 134 valence electrons. The molecule has 1 aromatic heterocycles. The summed E-state index contributed by atoms with van der Waals surface area (Å²) in [4.78, 5) is 0. The number of nitrogens with one attached hydrogen (secondary N) is 1. The number of hydrogen-bond acceptors (Lipinski definition) is 5. The average Bonchev–Trinajstić information content (AvgIpc) is 3.16. The fraction of sp³-hybridized carbons (Fsp3) is 0.350. The maximum Gasteiger partial charge on any atom is 0.243 e. The molecule has 2 aromatic carbocycles. The highest BCUT2D eigenvalue weighted by Gasteiger charge is 2.30. The first-order chi connectivity index (χ1) is 12.7. The van der Waals surface area contributed by atoms with Gasteiger partial charge in [0.15, 0.2) is 0 Å². The van der Waals surface area contributed by atoms with Gasteiger partial charge in [-0.1, -0.05) is 55.3 Å². The number of benzene rings is 2. The molecular formula is C20H23N5O. The van der Waals surface area contributed by atoms with Crippen LogP contribution in [0.4, 0.5) is 5.95 Å². The van der Waals surface area contributed by atoms with Crippen LogP contribution in [0.2, 0.25) is 0 Å². The lowest BCUT2D eigenvalue weighted by atomic mass is 9.92. The normalized spacial score (nSPS) is 19.1. The van der Waals surface area contributed by atoms with Crippen molar-refractivity contribution < 1.29 is 4.74 Å². The highest BCUT2D eigenvalue weighted by molar-refractivity contribution is 5.39. The molecular weight excluding hydrogens is 326 g/mol. The monoisotopic (exact) mass is 349 g/mol. The number of nitrogens with zero attached hydrogens (tertiary/aromatic N) is 4. The second kappa shape index (κ2) is 6.78. The third-order valence-corrected chi connectivity index (χ3v) is 5.06. The lowest BCUT2D eigenvalue weighted by Crippen LogP contribution is -2.28. The number of hydrogen-bond donors (Lipinski definition) is 1. The Morgan fingerprint density at radius 2 is 1.73 bits per heavy atom. The Labute approximate surface area is 153 Å². The number of rotatable bonds is 4. The molecule has 1 aliphatic rings. The summed E-state index contributed by atoms with van der Waals surface area (Å²) in [6.45, 7) is 4.42. The Kier molecular flexibility index (Phi) is 4.32. The predicted octanol–water partition coefficient (Wildman–Crippen LogP) is 3.95. The number of methoxy groups -OCH3 is 1. The topological polar surface area (TPSA) is 64.9 Å². The van der Waals surface area contributed by atoms with Crippen LogP contribution < -0.4 is 10.1 Å². The predicted molar refractivity (Wildman–Crippen MR) is 100 cm³/mol. The molecule has 0 bridgehead atoms. The van der Waals surface area contributed by atoms with E-state index in [1.807, 2.05) is 16.8 Å². The van der Waals surface area contributed by atoms with Crippen molar-refractivity contribution in [1.82, 2.24) is 20.2 Å². The van der Waals surface area contributed by atoms with Crippen molar-refractivity contribution in [2.45, 2.75) is 38.3 Å². The molecule has 4 rings (SSSR count). The van der Waals surface area contributed by atoms with Gasteiger partial charge < -0.3 is 10.1 Å². The SMILES string of the molecule is COc1ccc(C2CC(c3ccc(C(C)C)cc3)Nc3nnnn32)cc1.